The summed E-state index contributed by atoms with van der Waals surface area (Å²) in [5.74, 6) is 0. The van der Waals surface area contributed by atoms with Crippen LogP contribution in [0.25, 0.3) is 5.57 Å². The second-order valence-corrected chi connectivity index (χ2v) is 3.85. The zero-order valence-electron chi connectivity index (χ0n) is 7.71. The largest absolute Gasteiger partial charge is 0.302 e. The first kappa shape index (κ1) is 8.24. The summed E-state index contributed by atoms with van der Waals surface area (Å²) in [5.41, 5.74) is 2.97. The van der Waals surface area contributed by atoms with E-state index in [2.05, 4.69) is 12.6 Å². The Bertz CT molecular complexity index is 378. The Balaban J connectivity index is 2.55. The topological polar surface area (TPSA) is 17.1 Å². The van der Waals surface area contributed by atoms with Gasteiger partial charge in [-0.25, -0.2) is 0 Å². The van der Waals surface area contributed by atoms with Crippen LogP contribution in [-0.2, 0) is 11.2 Å². The van der Waals surface area contributed by atoms with E-state index < -0.39 is 0 Å². The first-order valence-electron chi connectivity index (χ1n) is 4.41. The Morgan fingerprint density at radius 2 is 2.15 bits per heavy atom. The van der Waals surface area contributed by atoms with Crippen molar-refractivity contribution in [3.05, 3.63) is 42.0 Å². The van der Waals surface area contributed by atoms with E-state index in [-0.39, 0.29) is 5.41 Å². The quantitative estimate of drug-likeness (QED) is 0.595. The van der Waals surface area contributed by atoms with Gasteiger partial charge < -0.3 is 4.79 Å². The molecule has 1 aliphatic rings. The van der Waals surface area contributed by atoms with Gasteiger partial charge in [-0.15, -0.1) is 0 Å². The van der Waals surface area contributed by atoms with E-state index in [0.717, 1.165) is 23.8 Å². The molecule has 1 unspecified atom stereocenters. The Hall–Kier alpha value is -1.37. The molecule has 1 aromatic rings. The highest BCUT2D eigenvalue weighted by Crippen LogP contribution is 2.43. The highest BCUT2D eigenvalue weighted by atomic mass is 16.1. The van der Waals surface area contributed by atoms with Crippen molar-refractivity contribution in [1.82, 2.24) is 0 Å². The molecule has 0 heterocycles. The summed E-state index contributed by atoms with van der Waals surface area (Å²) in [6.07, 6.45) is 1.81. The van der Waals surface area contributed by atoms with E-state index in [9.17, 15) is 4.79 Å². The molecule has 0 saturated heterocycles. The van der Waals surface area contributed by atoms with Crippen LogP contribution in [0.5, 0.6) is 0 Å². The van der Waals surface area contributed by atoms with Crippen LogP contribution in [0.15, 0.2) is 30.8 Å². The highest BCUT2D eigenvalue weighted by Gasteiger charge is 2.35. The van der Waals surface area contributed by atoms with Gasteiger partial charge in [0.1, 0.15) is 6.29 Å². The fourth-order valence-electron chi connectivity index (χ4n) is 1.89. The molecular formula is C12H12O. The molecule has 1 nitrogen and oxygen atoms in total. The van der Waals surface area contributed by atoms with Crippen molar-refractivity contribution in [1.29, 1.82) is 0 Å². The van der Waals surface area contributed by atoms with Crippen molar-refractivity contribution < 1.29 is 4.79 Å². The van der Waals surface area contributed by atoms with Gasteiger partial charge in [-0.2, -0.15) is 0 Å². The lowest BCUT2D eigenvalue weighted by molar-refractivity contribution is -0.112. The van der Waals surface area contributed by atoms with Crippen molar-refractivity contribution in [3.8, 4) is 0 Å². The number of benzene rings is 1. The standard InChI is InChI=1S/C12H12O/c1-9-11-6-4-3-5-10(11)7-12(9,2)8-13/h3-6,8H,1,7H2,2H3. The number of fused-ring (bicyclic) bond motifs is 1. The fourth-order valence-corrected chi connectivity index (χ4v) is 1.89. The molecule has 0 amide bonds. The highest BCUT2D eigenvalue weighted by molar-refractivity contribution is 5.88. The molecule has 1 heteroatoms. The normalized spacial score (nSPS) is 25.8. The first-order valence-corrected chi connectivity index (χ1v) is 4.41. The van der Waals surface area contributed by atoms with Crippen LogP contribution in [-0.4, -0.2) is 6.29 Å². The molecule has 0 bridgehead atoms. The smallest absolute Gasteiger partial charge is 0.130 e. The Morgan fingerprint density at radius 3 is 2.77 bits per heavy atom. The van der Waals surface area contributed by atoms with Gasteiger partial charge in [0.25, 0.3) is 0 Å². The number of hydrogen-bond acceptors (Lipinski definition) is 1. The van der Waals surface area contributed by atoms with Crippen LogP contribution in [0.2, 0.25) is 0 Å². The molecule has 1 aliphatic carbocycles. The molecule has 0 aliphatic heterocycles. The van der Waals surface area contributed by atoms with Gasteiger partial charge >= 0.3 is 0 Å². The minimum atomic E-state index is -0.371. The van der Waals surface area contributed by atoms with Crippen molar-refractivity contribution in [2.75, 3.05) is 0 Å². The Labute approximate surface area is 78.1 Å². The number of rotatable bonds is 1. The lowest BCUT2D eigenvalue weighted by atomic mass is 9.85. The summed E-state index contributed by atoms with van der Waals surface area (Å²) in [6, 6.07) is 8.09. The van der Waals surface area contributed by atoms with Crippen molar-refractivity contribution in [2.45, 2.75) is 13.3 Å². The van der Waals surface area contributed by atoms with E-state index in [4.69, 9.17) is 0 Å². The summed E-state index contributed by atoms with van der Waals surface area (Å²) < 4.78 is 0. The van der Waals surface area contributed by atoms with Gasteiger partial charge in [-0.05, 0) is 30.0 Å². The van der Waals surface area contributed by atoms with E-state index in [1.165, 1.54) is 5.56 Å². The molecule has 1 aromatic carbocycles. The predicted molar refractivity (Wildman–Crippen MR) is 53.4 cm³/mol. The molecule has 0 N–H and O–H groups in total. The molecule has 0 radical (unpaired) electrons. The third-order valence-corrected chi connectivity index (χ3v) is 2.85. The molecule has 0 spiro atoms. The van der Waals surface area contributed by atoms with E-state index >= 15 is 0 Å². The third kappa shape index (κ3) is 1.04. The third-order valence-electron chi connectivity index (χ3n) is 2.85. The summed E-state index contributed by atoms with van der Waals surface area (Å²) in [6.45, 7) is 5.94. The van der Waals surface area contributed by atoms with E-state index in [1.807, 2.05) is 25.1 Å². The maximum Gasteiger partial charge on any atom is 0.130 e. The summed E-state index contributed by atoms with van der Waals surface area (Å²) in [7, 11) is 0. The van der Waals surface area contributed by atoms with Gasteiger partial charge in [-0.3, -0.25) is 0 Å². The number of carbonyl (C=O) groups is 1. The van der Waals surface area contributed by atoms with E-state index in [1.54, 1.807) is 0 Å². The first-order chi connectivity index (χ1) is 6.17. The maximum atomic E-state index is 10.9. The Kier molecular flexibility index (Phi) is 1.62. The molecule has 0 aromatic heterocycles. The van der Waals surface area contributed by atoms with Crippen LogP contribution >= 0.6 is 0 Å². The summed E-state index contributed by atoms with van der Waals surface area (Å²) in [4.78, 5) is 10.9. The predicted octanol–water partition coefficient (Wildman–Crippen LogP) is 2.46. The van der Waals surface area contributed by atoms with Crippen molar-refractivity contribution in [2.24, 2.45) is 5.41 Å². The summed E-state index contributed by atoms with van der Waals surface area (Å²) >= 11 is 0. The molecule has 0 fully saturated rings. The second-order valence-electron chi connectivity index (χ2n) is 3.85. The molecule has 66 valence electrons. The molecule has 1 atom stereocenters. The Morgan fingerprint density at radius 1 is 1.46 bits per heavy atom. The molecule has 2 rings (SSSR count). The SMILES string of the molecule is C=C1c2ccccc2CC1(C)C=O. The monoisotopic (exact) mass is 172 g/mol. The number of hydrogen-bond donors (Lipinski definition) is 0. The van der Waals surface area contributed by atoms with Crippen LogP contribution in [0.4, 0.5) is 0 Å². The molecule has 13 heavy (non-hydrogen) atoms. The number of allylic oxidation sites excluding steroid dienone is 1. The zero-order valence-corrected chi connectivity index (χ0v) is 7.71. The molecule has 0 saturated carbocycles. The fraction of sp³-hybridized carbons (Fsp3) is 0.250. The average molecular weight is 172 g/mol. The van der Waals surface area contributed by atoms with E-state index in [0.29, 0.717) is 0 Å². The maximum absolute atomic E-state index is 10.9. The zero-order chi connectivity index (χ0) is 9.47. The van der Waals surface area contributed by atoms with Gasteiger partial charge in [0.2, 0.25) is 0 Å². The van der Waals surface area contributed by atoms with Gasteiger partial charge in [0.15, 0.2) is 0 Å². The minimum absolute atomic E-state index is 0.371. The van der Waals surface area contributed by atoms with Gasteiger partial charge in [0, 0.05) is 0 Å². The lowest BCUT2D eigenvalue weighted by Gasteiger charge is -2.16. The second kappa shape index (κ2) is 2.56. The minimum Gasteiger partial charge on any atom is -0.302 e. The van der Waals surface area contributed by atoms with Crippen LogP contribution in [0.1, 0.15) is 18.1 Å². The molecular weight excluding hydrogens is 160 g/mol. The number of carbonyl (C=O) groups excluding carboxylic acids is 1. The van der Waals surface area contributed by atoms with Gasteiger partial charge in [0.05, 0.1) is 5.41 Å². The van der Waals surface area contributed by atoms with Crippen molar-refractivity contribution in [3.63, 3.8) is 0 Å². The number of aldehydes is 1. The van der Waals surface area contributed by atoms with Crippen molar-refractivity contribution >= 4 is 11.9 Å². The average Bonchev–Trinajstić information content (AvgIpc) is 2.41. The lowest BCUT2D eigenvalue weighted by Crippen LogP contribution is -2.16. The van der Waals surface area contributed by atoms with Gasteiger partial charge in [-0.1, -0.05) is 30.8 Å². The van der Waals surface area contributed by atoms with Crippen LogP contribution in [0.3, 0.4) is 0 Å². The summed E-state index contributed by atoms with van der Waals surface area (Å²) in [5, 5.41) is 0. The van der Waals surface area contributed by atoms with Crippen LogP contribution in [0, 0.1) is 5.41 Å². The van der Waals surface area contributed by atoms with Crippen LogP contribution < -0.4 is 0 Å².